The molecule has 0 heterocycles. The molecule has 2 nitrogen and oxygen atoms in total. The lowest BCUT2D eigenvalue weighted by Gasteiger charge is -2.28. The minimum Gasteiger partial charge on any atom is -0.398 e. The van der Waals surface area contributed by atoms with E-state index in [-0.39, 0.29) is 42.1 Å². The predicted octanol–water partition coefficient (Wildman–Crippen LogP) is 3.30. The highest BCUT2D eigenvalue weighted by Crippen LogP contribution is 2.33. The first kappa shape index (κ1) is 17.9. The summed E-state index contributed by atoms with van der Waals surface area (Å²) in [6.45, 7) is 6.01. The van der Waals surface area contributed by atoms with Gasteiger partial charge < -0.3 is 11.5 Å². The molecular formula is C11H19Cl2FN2. The first-order valence-corrected chi connectivity index (χ1v) is 4.63. The number of nitrogen functional groups attached to an aromatic ring is 1. The molecule has 1 atom stereocenters. The monoisotopic (exact) mass is 268 g/mol. The number of benzene rings is 1. The summed E-state index contributed by atoms with van der Waals surface area (Å²) in [5, 5.41) is 0. The molecule has 0 amide bonds. The predicted molar refractivity (Wildman–Crippen MR) is 71.7 cm³/mol. The van der Waals surface area contributed by atoms with Crippen molar-refractivity contribution < 1.29 is 4.39 Å². The maximum Gasteiger partial charge on any atom is 0.123 e. The van der Waals surface area contributed by atoms with Crippen LogP contribution >= 0.6 is 24.8 Å². The van der Waals surface area contributed by atoms with Crippen molar-refractivity contribution in [3.8, 4) is 0 Å². The molecule has 0 saturated heterocycles. The summed E-state index contributed by atoms with van der Waals surface area (Å²) in [6.07, 6.45) is 0. The second-order valence-electron chi connectivity index (χ2n) is 4.62. The largest absolute Gasteiger partial charge is 0.398 e. The van der Waals surface area contributed by atoms with Crippen molar-refractivity contribution in [1.82, 2.24) is 0 Å². The van der Waals surface area contributed by atoms with Gasteiger partial charge in [0.15, 0.2) is 0 Å². The molecule has 0 fully saturated rings. The van der Waals surface area contributed by atoms with Gasteiger partial charge in [0.1, 0.15) is 5.82 Å². The Bertz CT molecular complexity index is 337. The lowest BCUT2D eigenvalue weighted by Crippen LogP contribution is -2.27. The zero-order valence-electron chi connectivity index (χ0n) is 9.66. The lowest BCUT2D eigenvalue weighted by molar-refractivity contribution is 0.327. The number of hydrogen-bond donors (Lipinski definition) is 2. The molecule has 5 heteroatoms. The van der Waals surface area contributed by atoms with Crippen molar-refractivity contribution in [2.45, 2.75) is 26.8 Å². The highest BCUT2D eigenvalue weighted by atomic mass is 35.5. The van der Waals surface area contributed by atoms with Crippen LogP contribution in [0.5, 0.6) is 0 Å². The third-order valence-electron chi connectivity index (χ3n) is 2.32. The summed E-state index contributed by atoms with van der Waals surface area (Å²) in [5.41, 5.74) is 12.8. The molecule has 0 radical (unpaired) electrons. The zero-order chi connectivity index (χ0) is 10.9. The summed E-state index contributed by atoms with van der Waals surface area (Å²) < 4.78 is 13.0. The Morgan fingerprint density at radius 1 is 1.19 bits per heavy atom. The van der Waals surface area contributed by atoms with Crippen LogP contribution in [-0.4, -0.2) is 0 Å². The second kappa shape index (κ2) is 6.28. The maximum absolute atomic E-state index is 13.0. The molecule has 0 saturated carbocycles. The van der Waals surface area contributed by atoms with Gasteiger partial charge in [-0.3, -0.25) is 0 Å². The van der Waals surface area contributed by atoms with Crippen molar-refractivity contribution in [3.63, 3.8) is 0 Å². The van der Waals surface area contributed by atoms with Gasteiger partial charge in [-0.2, -0.15) is 0 Å². The van der Waals surface area contributed by atoms with Gasteiger partial charge in [-0.1, -0.05) is 20.8 Å². The standard InChI is InChI=1S/C11H17FN2.2ClH/c1-11(2,3)10(14)8-6-7(12)4-5-9(8)13;;/h4-6,10H,13-14H2,1-3H3;2*1H. The Labute approximate surface area is 108 Å². The van der Waals surface area contributed by atoms with Gasteiger partial charge >= 0.3 is 0 Å². The Balaban J connectivity index is 0. The van der Waals surface area contributed by atoms with Gasteiger partial charge in [0.05, 0.1) is 0 Å². The zero-order valence-corrected chi connectivity index (χ0v) is 11.3. The Morgan fingerprint density at radius 2 is 1.69 bits per heavy atom. The first-order chi connectivity index (χ1) is 6.32. The van der Waals surface area contributed by atoms with E-state index in [1.165, 1.54) is 12.1 Å². The molecule has 0 aliphatic heterocycles. The molecule has 0 bridgehead atoms. The Morgan fingerprint density at radius 3 is 2.12 bits per heavy atom. The van der Waals surface area contributed by atoms with Crippen LogP contribution in [0.25, 0.3) is 0 Å². The smallest absolute Gasteiger partial charge is 0.123 e. The van der Waals surface area contributed by atoms with Gasteiger partial charge in [0.2, 0.25) is 0 Å². The fourth-order valence-corrected chi connectivity index (χ4v) is 1.28. The van der Waals surface area contributed by atoms with Crippen LogP contribution in [0.4, 0.5) is 10.1 Å². The molecule has 0 aliphatic carbocycles. The summed E-state index contributed by atoms with van der Waals surface area (Å²) in [7, 11) is 0. The van der Waals surface area contributed by atoms with Crippen LogP contribution in [0.15, 0.2) is 18.2 Å². The average Bonchev–Trinajstić information content (AvgIpc) is 2.06. The average molecular weight is 269 g/mol. The minimum atomic E-state index is -0.297. The number of nitrogens with two attached hydrogens (primary N) is 2. The maximum atomic E-state index is 13.0. The normalized spacial score (nSPS) is 12.3. The van der Waals surface area contributed by atoms with Crippen molar-refractivity contribution in [3.05, 3.63) is 29.6 Å². The highest BCUT2D eigenvalue weighted by Gasteiger charge is 2.24. The molecule has 0 spiro atoms. The van der Waals surface area contributed by atoms with Crippen LogP contribution in [0.2, 0.25) is 0 Å². The van der Waals surface area contributed by atoms with E-state index in [1.54, 1.807) is 6.07 Å². The summed E-state index contributed by atoms with van der Waals surface area (Å²) >= 11 is 0. The third kappa shape index (κ3) is 4.16. The van der Waals surface area contributed by atoms with E-state index in [2.05, 4.69) is 0 Å². The van der Waals surface area contributed by atoms with Gasteiger partial charge in [0, 0.05) is 11.7 Å². The summed E-state index contributed by atoms with van der Waals surface area (Å²) in [6, 6.07) is 4.05. The van der Waals surface area contributed by atoms with E-state index in [4.69, 9.17) is 11.5 Å². The van der Waals surface area contributed by atoms with E-state index >= 15 is 0 Å². The Hall–Kier alpha value is -0.510. The second-order valence-corrected chi connectivity index (χ2v) is 4.62. The highest BCUT2D eigenvalue weighted by molar-refractivity contribution is 5.85. The quantitative estimate of drug-likeness (QED) is 0.768. The lowest BCUT2D eigenvalue weighted by atomic mass is 9.82. The van der Waals surface area contributed by atoms with Crippen molar-refractivity contribution in [1.29, 1.82) is 0 Å². The molecule has 16 heavy (non-hydrogen) atoms. The molecule has 1 aromatic carbocycles. The number of halogens is 3. The van der Waals surface area contributed by atoms with E-state index in [0.717, 1.165) is 0 Å². The van der Waals surface area contributed by atoms with Gasteiger partial charge in [0.25, 0.3) is 0 Å². The van der Waals surface area contributed by atoms with Crippen LogP contribution in [0.3, 0.4) is 0 Å². The third-order valence-corrected chi connectivity index (χ3v) is 2.32. The SMILES string of the molecule is CC(C)(C)C(N)c1cc(F)ccc1N.Cl.Cl. The first-order valence-electron chi connectivity index (χ1n) is 4.63. The van der Waals surface area contributed by atoms with E-state index in [0.29, 0.717) is 11.3 Å². The summed E-state index contributed by atoms with van der Waals surface area (Å²) in [5.74, 6) is -0.297. The van der Waals surface area contributed by atoms with Gasteiger partial charge in [-0.05, 0) is 29.2 Å². The fraction of sp³-hybridized carbons (Fsp3) is 0.455. The molecule has 0 aromatic heterocycles. The van der Waals surface area contributed by atoms with Gasteiger partial charge in [-0.15, -0.1) is 24.8 Å². The number of anilines is 1. The van der Waals surface area contributed by atoms with Crippen LogP contribution in [0.1, 0.15) is 32.4 Å². The minimum absolute atomic E-state index is 0. The van der Waals surface area contributed by atoms with Crippen molar-refractivity contribution in [2.24, 2.45) is 11.1 Å². The van der Waals surface area contributed by atoms with E-state index < -0.39 is 0 Å². The molecule has 94 valence electrons. The molecule has 4 N–H and O–H groups in total. The van der Waals surface area contributed by atoms with E-state index in [9.17, 15) is 4.39 Å². The molecular weight excluding hydrogens is 250 g/mol. The summed E-state index contributed by atoms with van der Waals surface area (Å²) in [4.78, 5) is 0. The van der Waals surface area contributed by atoms with Crippen LogP contribution in [0, 0.1) is 11.2 Å². The van der Waals surface area contributed by atoms with Crippen LogP contribution < -0.4 is 11.5 Å². The number of rotatable bonds is 1. The van der Waals surface area contributed by atoms with Gasteiger partial charge in [-0.25, -0.2) is 4.39 Å². The van der Waals surface area contributed by atoms with E-state index in [1.807, 2.05) is 20.8 Å². The van der Waals surface area contributed by atoms with Crippen molar-refractivity contribution >= 4 is 30.5 Å². The Kier molecular flexibility index (Phi) is 7.02. The molecule has 1 rings (SSSR count). The number of hydrogen-bond acceptors (Lipinski definition) is 2. The van der Waals surface area contributed by atoms with Crippen molar-refractivity contribution in [2.75, 3.05) is 5.73 Å². The molecule has 0 aliphatic rings. The topological polar surface area (TPSA) is 52.0 Å². The molecule has 1 aromatic rings. The molecule has 1 unspecified atom stereocenters. The fourth-order valence-electron chi connectivity index (χ4n) is 1.28. The van der Waals surface area contributed by atoms with Crippen LogP contribution in [-0.2, 0) is 0 Å².